The van der Waals surface area contributed by atoms with Crippen molar-refractivity contribution in [2.75, 3.05) is 19.8 Å². The molecule has 2 fully saturated rings. The smallest absolute Gasteiger partial charge is 0.0897 e. The van der Waals surface area contributed by atoms with Crippen LogP contribution in [0, 0.1) is 17.3 Å². The zero-order valence-corrected chi connectivity index (χ0v) is 12.8. The summed E-state index contributed by atoms with van der Waals surface area (Å²) in [7, 11) is 0. The minimum absolute atomic E-state index is 0.362. The summed E-state index contributed by atoms with van der Waals surface area (Å²) >= 11 is 0. The van der Waals surface area contributed by atoms with Gasteiger partial charge in [0.05, 0.1) is 12.7 Å². The first kappa shape index (κ1) is 15.3. The lowest BCUT2D eigenvalue weighted by atomic mass is 9.70. The number of hydrogen-bond acceptors (Lipinski definition) is 3. The molecule has 2 saturated carbocycles. The van der Waals surface area contributed by atoms with Gasteiger partial charge in [0, 0.05) is 19.2 Å². The van der Waals surface area contributed by atoms with E-state index in [1.807, 2.05) is 0 Å². The molecule has 0 radical (unpaired) electrons. The zero-order chi connectivity index (χ0) is 13.9. The Balaban J connectivity index is 1.60. The van der Waals surface area contributed by atoms with Crippen LogP contribution in [0.15, 0.2) is 0 Å². The molecule has 2 rings (SSSR count). The molecule has 3 atom stereocenters. The van der Waals surface area contributed by atoms with Crippen LogP contribution in [0.25, 0.3) is 0 Å². The van der Waals surface area contributed by atoms with E-state index >= 15 is 0 Å². The van der Waals surface area contributed by atoms with Crippen molar-refractivity contribution < 1.29 is 9.84 Å². The van der Waals surface area contributed by atoms with Crippen LogP contribution in [0.3, 0.4) is 0 Å². The van der Waals surface area contributed by atoms with Crippen molar-refractivity contribution >= 4 is 0 Å². The van der Waals surface area contributed by atoms with E-state index in [4.69, 9.17) is 4.74 Å². The Kier molecular flexibility index (Phi) is 5.27. The van der Waals surface area contributed by atoms with E-state index < -0.39 is 0 Å². The summed E-state index contributed by atoms with van der Waals surface area (Å²) in [5.74, 6) is 1.56. The zero-order valence-electron chi connectivity index (χ0n) is 12.8. The fourth-order valence-corrected chi connectivity index (χ4v) is 3.52. The van der Waals surface area contributed by atoms with Gasteiger partial charge in [-0.2, -0.15) is 0 Å². The SMILES string of the molecule is CC1CC(NCC(O)COCC2CC2)CC(C)(C)C1. The molecule has 0 aromatic heterocycles. The summed E-state index contributed by atoms with van der Waals surface area (Å²) in [5, 5.41) is 13.5. The van der Waals surface area contributed by atoms with Gasteiger partial charge in [0.2, 0.25) is 0 Å². The fraction of sp³-hybridized carbons (Fsp3) is 1.00. The van der Waals surface area contributed by atoms with E-state index in [-0.39, 0.29) is 6.10 Å². The number of nitrogens with one attached hydrogen (secondary N) is 1. The van der Waals surface area contributed by atoms with Gasteiger partial charge in [-0.25, -0.2) is 0 Å². The number of ether oxygens (including phenoxy) is 1. The summed E-state index contributed by atoms with van der Waals surface area (Å²) < 4.78 is 5.53. The van der Waals surface area contributed by atoms with Crippen LogP contribution in [0.4, 0.5) is 0 Å². The molecule has 3 unspecified atom stereocenters. The molecule has 2 N–H and O–H groups in total. The van der Waals surface area contributed by atoms with Gasteiger partial charge in [-0.15, -0.1) is 0 Å². The van der Waals surface area contributed by atoms with E-state index in [0.717, 1.165) is 18.4 Å². The van der Waals surface area contributed by atoms with Gasteiger partial charge in [-0.05, 0) is 49.4 Å². The molecule has 0 saturated heterocycles. The third-order valence-corrected chi connectivity index (χ3v) is 4.39. The van der Waals surface area contributed by atoms with Crippen LogP contribution >= 0.6 is 0 Å². The van der Waals surface area contributed by atoms with E-state index in [9.17, 15) is 5.11 Å². The average molecular weight is 269 g/mol. The molecule has 112 valence electrons. The summed E-state index contributed by atoms with van der Waals surface area (Å²) in [6.45, 7) is 9.03. The minimum Gasteiger partial charge on any atom is -0.389 e. The first-order chi connectivity index (χ1) is 8.94. The third kappa shape index (κ3) is 5.80. The highest BCUT2D eigenvalue weighted by Crippen LogP contribution is 2.38. The summed E-state index contributed by atoms with van der Waals surface area (Å²) in [5.41, 5.74) is 0.433. The second-order valence-electron chi connectivity index (χ2n) is 7.65. The highest BCUT2D eigenvalue weighted by atomic mass is 16.5. The lowest BCUT2D eigenvalue weighted by molar-refractivity contribution is 0.0283. The largest absolute Gasteiger partial charge is 0.389 e. The maximum absolute atomic E-state index is 9.92. The van der Waals surface area contributed by atoms with Gasteiger partial charge in [0.15, 0.2) is 0 Å². The predicted octanol–water partition coefficient (Wildman–Crippen LogP) is 2.58. The second-order valence-corrected chi connectivity index (χ2v) is 7.65. The van der Waals surface area contributed by atoms with Crippen molar-refractivity contribution in [3.05, 3.63) is 0 Å². The highest BCUT2D eigenvalue weighted by molar-refractivity contribution is 4.86. The molecule has 0 amide bonds. The van der Waals surface area contributed by atoms with E-state index in [2.05, 4.69) is 26.1 Å². The van der Waals surface area contributed by atoms with Crippen LogP contribution in [-0.2, 0) is 4.74 Å². The molecule has 0 spiro atoms. The summed E-state index contributed by atoms with van der Waals surface area (Å²) in [4.78, 5) is 0. The topological polar surface area (TPSA) is 41.5 Å². The Labute approximate surface area is 118 Å². The molecular weight excluding hydrogens is 238 g/mol. The predicted molar refractivity (Wildman–Crippen MR) is 78.1 cm³/mol. The Morgan fingerprint density at radius 3 is 2.68 bits per heavy atom. The first-order valence-corrected chi connectivity index (χ1v) is 7.94. The third-order valence-electron chi connectivity index (χ3n) is 4.39. The number of aliphatic hydroxyl groups is 1. The molecule has 3 heteroatoms. The normalized spacial score (nSPS) is 32.2. The van der Waals surface area contributed by atoms with Crippen molar-refractivity contribution in [3.63, 3.8) is 0 Å². The molecule has 2 aliphatic rings. The molecule has 0 aliphatic heterocycles. The van der Waals surface area contributed by atoms with Gasteiger partial charge >= 0.3 is 0 Å². The summed E-state index contributed by atoms with van der Waals surface area (Å²) in [6.07, 6.45) is 6.02. The monoisotopic (exact) mass is 269 g/mol. The molecule has 2 aliphatic carbocycles. The summed E-state index contributed by atoms with van der Waals surface area (Å²) in [6, 6.07) is 0.553. The lowest BCUT2D eigenvalue weighted by Gasteiger charge is -2.39. The maximum atomic E-state index is 9.92. The highest BCUT2D eigenvalue weighted by Gasteiger charge is 2.31. The number of hydrogen-bond donors (Lipinski definition) is 2. The van der Waals surface area contributed by atoms with Gasteiger partial charge in [-0.3, -0.25) is 0 Å². The van der Waals surface area contributed by atoms with E-state index in [1.165, 1.54) is 32.1 Å². The van der Waals surface area contributed by atoms with Gasteiger partial charge < -0.3 is 15.2 Å². The Hall–Kier alpha value is -0.120. The maximum Gasteiger partial charge on any atom is 0.0897 e. The Bertz CT molecular complexity index is 276. The number of aliphatic hydroxyl groups excluding tert-OH is 1. The van der Waals surface area contributed by atoms with Crippen molar-refractivity contribution in [3.8, 4) is 0 Å². The Morgan fingerprint density at radius 2 is 2.05 bits per heavy atom. The molecule has 19 heavy (non-hydrogen) atoms. The van der Waals surface area contributed by atoms with Gasteiger partial charge in [0.25, 0.3) is 0 Å². The van der Waals surface area contributed by atoms with Crippen LogP contribution in [0.5, 0.6) is 0 Å². The standard InChI is InChI=1S/C16H31NO2/c1-12-6-14(8-16(2,3)7-12)17-9-15(18)11-19-10-13-4-5-13/h12-15,17-18H,4-11H2,1-3H3. The average Bonchev–Trinajstić information content (AvgIpc) is 3.07. The van der Waals surface area contributed by atoms with E-state index in [1.54, 1.807) is 0 Å². The molecule has 0 aromatic carbocycles. The minimum atomic E-state index is -0.362. The molecule has 0 heterocycles. The van der Waals surface area contributed by atoms with Crippen LogP contribution < -0.4 is 5.32 Å². The van der Waals surface area contributed by atoms with Crippen LogP contribution in [0.1, 0.15) is 52.9 Å². The first-order valence-electron chi connectivity index (χ1n) is 7.94. The van der Waals surface area contributed by atoms with Crippen LogP contribution in [0.2, 0.25) is 0 Å². The number of rotatable bonds is 7. The molecule has 0 bridgehead atoms. The van der Waals surface area contributed by atoms with Crippen LogP contribution in [-0.4, -0.2) is 37.0 Å². The molecular formula is C16H31NO2. The van der Waals surface area contributed by atoms with Crippen molar-refractivity contribution in [2.45, 2.75) is 65.0 Å². The van der Waals surface area contributed by atoms with Gasteiger partial charge in [0.1, 0.15) is 0 Å². The van der Waals surface area contributed by atoms with Crippen molar-refractivity contribution in [1.82, 2.24) is 5.32 Å². The van der Waals surface area contributed by atoms with Crippen molar-refractivity contribution in [1.29, 1.82) is 0 Å². The van der Waals surface area contributed by atoms with E-state index in [0.29, 0.717) is 24.6 Å². The quantitative estimate of drug-likeness (QED) is 0.746. The van der Waals surface area contributed by atoms with Gasteiger partial charge in [-0.1, -0.05) is 20.8 Å². The Morgan fingerprint density at radius 1 is 1.32 bits per heavy atom. The molecule has 0 aromatic rings. The second kappa shape index (κ2) is 6.55. The van der Waals surface area contributed by atoms with Crippen molar-refractivity contribution in [2.24, 2.45) is 17.3 Å². The lowest BCUT2D eigenvalue weighted by Crippen LogP contribution is -2.43. The molecule has 3 nitrogen and oxygen atoms in total. The fourth-order valence-electron chi connectivity index (χ4n) is 3.52.